The summed E-state index contributed by atoms with van der Waals surface area (Å²) in [6.07, 6.45) is 5.10. The van der Waals surface area contributed by atoms with Crippen molar-refractivity contribution in [1.29, 1.82) is 0 Å². The second-order valence-corrected chi connectivity index (χ2v) is 5.95. The molecule has 1 aromatic carbocycles. The highest BCUT2D eigenvalue weighted by Gasteiger charge is 2.28. The number of benzene rings is 1. The molecule has 1 fully saturated rings. The summed E-state index contributed by atoms with van der Waals surface area (Å²) in [4.78, 5) is 2.59. The third-order valence-electron chi connectivity index (χ3n) is 4.72. The van der Waals surface area contributed by atoms with Crippen LogP contribution in [0.5, 0.6) is 11.5 Å². The lowest BCUT2D eigenvalue weighted by Crippen LogP contribution is -2.44. The normalized spacial score (nSPS) is 23.8. The standard InChI is InChI=1S/C17H26N2O2/c1-2-14-5-3-4-8-19(14)15(12-18)13-6-7-16-17(11-13)21-10-9-20-16/h6-7,11,14-15H,2-5,8-10,12,18H2,1H3. The van der Waals surface area contributed by atoms with Crippen LogP contribution in [-0.4, -0.2) is 37.2 Å². The highest BCUT2D eigenvalue weighted by atomic mass is 16.6. The average Bonchev–Trinajstić information content (AvgIpc) is 2.56. The van der Waals surface area contributed by atoms with Crippen LogP contribution >= 0.6 is 0 Å². The average molecular weight is 290 g/mol. The summed E-state index contributed by atoms with van der Waals surface area (Å²) in [6, 6.07) is 7.23. The number of hydrogen-bond donors (Lipinski definition) is 1. The van der Waals surface area contributed by atoms with Crippen LogP contribution in [0.1, 0.15) is 44.2 Å². The Bertz CT molecular complexity index is 478. The maximum atomic E-state index is 6.11. The molecule has 2 atom stereocenters. The van der Waals surface area contributed by atoms with Crippen molar-refractivity contribution < 1.29 is 9.47 Å². The van der Waals surface area contributed by atoms with Gasteiger partial charge in [0, 0.05) is 18.6 Å². The van der Waals surface area contributed by atoms with Gasteiger partial charge in [0.05, 0.1) is 0 Å². The van der Waals surface area contributed by atoms with Crippen molar-refractivity contribution in [1.82, 2.24) is 4.90 Å². The zero-order valence-corrected chi connectivity index (χ0v) is 12.9. The first kappa shape index (κ1) is 14.7. The lowest BCUT2D eigenvalue weighted by atomic mass is 9.94. The van der Waals surface area contributed by atoms with E-state index in [-0.39, 0.29) is 6.04 Å². The van der Waals surface area contributed by atoms with Crippen LogP contribution in [0.3, 0.4) is 0 Å². The molecule has 0 spiro atoms. The van der Waals surface area contributed by atoms with Crippen LogP contribution in [-0.2, 0) is 0 Å². The van der Waals surface area contributed by atoms with Crippen molar-refractivity contribution in [3.8, 4) is 11.5 Å². The fourth-order valence-electron chi connectivity index (χ4n) is 3.60. The Balaban J connectivity index is 1.85. The Morgan fingerprint density at radius 2 is 2.05 bits per heavy atom. The number of nitrogens with two attached hydrogens (primary N) is 1. The van der Waals surface area contributed by atoms with Crippen LogP contribution in [0.2, 0.25) is 0 Å². The van der Waals surface area contributed by atoms with Gasteiger partial charge in [0.1, 0.15) is 13.2 Å². The first-order valence-corrected chi connectivity index (χ1v) is 8.19. The third-order valence-corrected chi connectivity index (χ3v) is 4.72. The summed E-state index contributed by atoms with van der Waals surface area (Å²) in [5.41, 5.74) is 7.37. The van der Waals surface area contributed by atoms with E-state index in [1.807, 2.05) is 6.07 Å². The summed E-state index contributed by atoms with van der Waals surface area (Å²) >= 11 is 0. The summed E-state index contributed by atoms with van der Waals surface area (Å²) < 4.78 is 11.3. The van der Waals surface area contributed by atoms with E-state index in [0.29, 0.717) is 25.8 Å². The molecule has 2 unspecified atom stereocenters. The molecule has 0 bridgehead atoms. The SMILES string of the molecule is CCC1CCCCN1C(CN)c1ccc2c(c1)OCCO2. The first-order valence-electron chi connectivity index (χ1n) is 8.19. The van der Waals surface area contributed by atoms with Crippen LogP contribution < -0.4 is 15.2 Å². The van der Waals surface area contributed by atoms with Gasteiger partial charge in [0.25, 0.3) is 0 Å². The van der Waals surface area contributed by atoms with E-state index in [1.54, 1.807) is 0 Å². The smallest absolute Gasteiger partial charge is 0.161 e. The van der Waals surface area contributed by atoms with Crippen molar-refractivity contribution in [2.75, 3.05) is 26.3 Å². The Labute approximate surface area is 127 Å². The molecule has 0 saturated carbocycles. The van der Waals surface area contributed by atoms with Gasteiger partial charge < -0.3 is 15.2 Å². The number of hydrogen-bond acceptors (Lipinski definition) is 4. The van der Waals surface area contributed by atoms with E-state index < -0.39 is 0 Å². The van der Waals surface area contributed by atoms with Gasteiger partial charge in [0.15, 0.2) is 11.5 Å². The van der Waals surface area contributed by atoms with Gasteiger partial charge in [-0.15, -0.1) is 0 Å². The maximum absolute atomic E-state index is 6.11. The third kappa shape index (κ3) is 3.01. The quantitative estimate of drug-likeness (QED) is 0.926. The molecule has 2 aliphatic rings. The molecule has 1 saturated heterocycles. The van der Waals surface area contributed by atoms with Crippen molar-refractivity contribution >= 4 is 0 Å². The molecule has 2 N–H and O–H groups in total. The van der Waals surface area contributed by atoms with Crippen LogP contribution in [0.15, 0.2) is 18.2 Å². The predicted octanol–water partition coefficient (Wildman–Crippen LogP) is 2.72. The van der Waals surface area contributed by atoms with Crippen molar-refractivity contribution in [2.24, 2.45) is 5.73 Å². The Hall–Kier alpha value is -1.26. The largest absolute Gasteiger partial charge is 0.486 e. The van der Waals surface area contributed by atoms with Gasteiger partial charge in [-0.25, -0.2) is 0 Å². The van der Waals surface area contributed by atoms with Crippen LogP contribution in [0, 0.1) is 0 Å². The van der Waals surface area contributed by atoms with Gasteiger partial charge in [-0.05, 0) is 43.5 Å². The Morgan fingerprint density at radius 1 is 1.24 bits per heavy atom. The lowest BCUT2D eigenvalue weighted by molar-refractivity contribution is 0.0944. The monoisotopic (exact) mass is 290 g/mol. The van der Waals surface area contributed by atoms with Gasteiger partial charge in [0.2, 0.25) is 0 Å². The summed E-state index contributed by atoms with van der Waals surface area (Å²) in [5.74, 6) is 1.72. The minimum absolute atomic E-state index is 0.283. The molecule has 4 heteroatoms. The molecule has 21 heavy (non-hydrogen) atoms. The molecule has 116 valence electrons. The number of ether oxygens (including phenoxy) is 2. The summed E-state index contributed by atoms with van der Waals surface area (Å²) in [7, 11) is 0. The van der Waals surface area contributed by atoms with E-state index in [9.17, 15) is 0 Å². The number of piperidine rings is 1. The predicted molar refractivity (Wildman–Crippen MR) is 83.9 cm³/mol. The molecular formula is C17H26N2O2. The van der Waals surface area contributed by atoms with Crippen molar-refractivity contribution in [3.63, 3.8) is 0 Å². The second kappa shape index (κ2) is 6.67. The van der Waals surface area contributed by atoms with Gasteiger partial charge in [-0.3, -0.25) is 4.90 Å². The molecule has 4 nitrogen and oxygen atoms in total. The zero-order valence-electron chi connectivity index (χ0n) is 12.9. The topological polar surface area (TPSA) is 47.7 Å². The van der Waals surface area contributed by atoms with Crippen molar-refractivity contribution in [3.05, 3.63) is 23.8 Å². The molecule has 0 radical (unpaired) electrons. The van der Waals surface area contributed by atoms with Crippen LogP contribution in [0.4, 0.5) is 0 Å². The highest BCUT2D eigenvalue weighted by molar-refractivity contribution is 5.44. The molecule has 0 amide bonds. The molecule has 2 heterocycles. The van der Waals surface area contributed by atoms with Gasteiger partial charge >= 0.3 is 0 Å². The number of fused-ring (bicyclic) bond motifs is 1. The highest BCUT2D eigenvalue weighted by Crippen LogP contribution is 2.36. The summed E-state index contributed by atoms with van der Waals surface area (Å²) in [6.45, 7) is 5.34. The van der Waals surface area contributed by atoms with E-state index in [4.69, 9.17) is 15.2 Å². The molecule has 2 aliphatic heterocycles. The molecule has 1 aromatic rings. The molecule has 0 aliphatic carbocycles. The Kier molecular flexibility index (Phi) is 4.66. The number of nitrogens with zero attached hydrogens (tertiary/aromatic N) is 1. The molecule has 3 rings (SSSR count). The van der Waals surface area contributed by atoms with E-state index in [2.05, 4.69) is 24.0 Å². The summed E-state index contributed by atoms with van der Waals surface area (Å²) in [5, 5.41) is 0. The zero-order chi connectivity index (χ0) is 14.7. The Morgan fingerprint density at radius 3 is 2.81 bits per heavy atom. The minimum atomic E-state index is 0.283. The maximum Gasteiger partial charge on any atom is 0.161 e. The van der Waals surface area contributed by atoms with E-state index in [0.717, 1.165) is 18.0 Å². The van der Waals surface area contributed by atoms with Crippen molar-refractivity contribution in [2.45, 2.75) is 44.7 Å². The fourth-order valence-corrected chi connectivity index (χ4v) is 3.60. The minimum Gasteiger partial charge on any atom is -0.486 e. The molecular weight excluding hydrogens is 264 g/mol. The second-order valence-electron chi connectivity index (χ2n) is 5.95. The lowest BCUT2D eigenvalue weighted by Gasteiger charge is -2.41. The fraction of sp³-hybridized carbons (Fsp3) is 0.647. The molecule has 0 aromatic heterocycles. The van der Waals surface area contributed by atoms with Crippen LogP contribution in [0.25, 0.3) is 0 Å². The van der Waals surface area contributed by atoms with E-state index in [1.165, 1.54) is 31.2 Å². The van der Waals surface area contributed by atoms with Gasteiger partial charge in [-0.2, -0.15) is 0 Å². The first-order chi connectivity index (χ1) is 10.3. The number of likely N-dealkylation sites (tertiary alicyclic amines) is 1. The van der Waals surface area contributed by atoms with Gasteiger partial charge in [-0.1, -0.05) is 19.4 Å². The number of rotatable bonds is 4. The van der Waals surface area contributed by atoms with E-state index >= 15 is 0 Å².